The van der Waals surface area contributed by atoms with Gasteiger partial charge in [-0.15, -0.1) is 5.10 Å². The largest absolute Gasteiger partial charge is 0.506 e. The van der Waals surface area contributed by atoms with Gasteiger partial charge >= 0.3 is 0 Å². The van der Waals surface area contributed by atoms with Crippen LogP contribution in [0.2, 0.25) is 0 Å². The highest BCUT2D eigenvalue weighted by Crippen LogP contribution is 2.27. The van der Waals surface area contributed by atoms with Crippen LogP contribution in [-0.4, -0.2) is 20.5 Å². The molecule has 0 atom stereocenters. The number of aromatic hydroxyl groups is 1. The minimum absolute atomic E-state index is 0.0630. The van der Waals surface area contributed by atoms with Crippen LogP contribution in [0, 0.1) is 5.95 Å². The molecule has 0 aromatic carbocycles. The number of carbonyl (C=O) groups is 1. The molecule has 6 heteroatoms. The Hall–Kier alpha value is -1.43. The van der Waals surface area contributed by atoms with Crippen molar-refractivity contribution < 1.29 is 14.3 Å². The summed E-state index contributed by atoms with van der Waals surface area (Å²) in [7, 11) is 0. The van der Waals surface area contributed by atoms with E-state index in [2.05, 4.69) is 21.0 Å². The van der Waals surface area contributed by atoms with Gasteiger partial charge in [0, 0.05) is 4.47 Å². The second-order valence-corrected chi connectivity index (χ2v) is 3.92. The van der Waals surface area contributed by atoms with Crippen LogP contribution in [0.15, 0.2) is 16.7 Å². The van der Waals surface area contributed by atoms with E-state index in [0.29, 0.717) is 9.99 Å². The Morgan fingerprint density at radius 2 is 2.33 bits per heavy atom. The predicted molar refractivity (Wildman–Crippen MR) is 54.5 cm³/mol. The van der Waals surface area contributed by atoms with Gasteiger partial charge in [-0.05, 0) is 28.9 Å². The summed E-state index contributed by atoms with van der Waals surface area (Å²) in [4.78, 5) is 11.2. The highest BCUT2D eigenvalue weighted by atomic mass is 79.9. The molecule has 0 radical (unpaired) electrons. The number of ketones is 1. The molecule has 0 aliphatic rings. The number of pyridine rings is 1. The van der Waals surface area contributed by atoms with Gasteiger partial charge in [-0.25, -0.2) is 4.52 Å². The number of rotatable bonds is 1. The molecular formula is C9H6BrFN2O2. The SMILES string of the molecule is CC(=O)c1c(F)nn2cc(O)cc(Br)c12. The summed E-state index contributed by atoms with van der Waals surface area (Å²) >= 11 is 3.14. The number of halogens is 2. The van der Waals surface area contributed by atoms with Crippen LogP contribution in [0.3, 0.4) is 0 Å². The highest BCUT2D eigenvalue weighted by Gasteiger charge is 2.19. The molecule has 15 heavy (non-hydrogen) atoms. The summed E-state index contributed by atoms with van der Waals surface area (Å²) < 4.78 is 14.9. The summed E-state index contributed by atoms with van der Waals surface area (Å²) in [5.41, 5.74) is 0.236. The number of nitrogens with zero attached hydrogens (tertiary/aromatic N) is 2. The summed E-state index contributed by atoms with van der Waals surface area (Å²) in [6.07, 6.45) is 1.23. The van der Waals surface area contributed by atoms with Crippen molar-refractivity contribution in [1.29, 1.82) is 0 Å². The smallest absolute Gasteiger partial charge is 0.244 e. The molecule has 0 saturated heterocycles. The number of fused-ring (bicyclic) bond motifs is 1. The predicted octanol–water partition coefficient (Wildman–Crippen LogP) is 2.14. The topological polar surface area (TPSA) is 54.6 Å². The highest BCUT2D eigenvalue weighted by molar-refractivity contribution is 9.10. The Kier molecular flexibility index (Phi) is 2.22. The Labute approximate surface area is 92.5 Å². The molecule has 2 rings (SSSR count). The van der Waals surface area contributed by atoms with Gasteiger partial charge in [0.25, 0.3) is 0 Å². The maximum Gasteiger partial charge on any atom is 0.244 e. The molecule has 0 spiro atoms. The third kappa shape index (κ3) is 1.50. The molecule has 0 aliphatic heterocycles. The number of hydrogen-bond acceptors (Lipinski definition) is 3. The van der Waals surface area contributed by atoms with Gasteiger partial charge in [-0.3, -0.25) is 4.79 Å². The monoisotopic (exact) mass is 272 g/mol. The Morgan fingerprint density at radius 3 is 2.93 bits per heavy atom. The molecule has 0 bridgehead atoms. The average molecular weight is 273 g/mol. The average Bonchev–Trinajstić information content (AvgIpc) is 2.40. The van der Waals surface area contributed by atoms with Gasteiger partial charge in [0.2, 0.25) is 5.95 Å². The van der Waals surface area contributed by atoms with E-state index in [-0.39, 0.29) is 11.3 Å². The molecule has 2 aromatic rings. The van der Waals surface area contributed by atoms with E-state index in [9.17, 15) is 14.3 Å². The lowest BCUT2D eigenvalue weighted by molar-refractivity contribution is 0.101. The van der Waals surface area contributed by atoms with Crippen LogP contribution in [0.25, 0.3) is 5.52 Å². The second-order valence-electron chi connectivity index (χ2n) is 3.06. The standard InChI is InChI=1S/C9H6BrFN2O2/c1-4(14)7-8-6(10)2-5(15)3-13(8)12-9(7)11/h2-3,15H,1H3. The fourth-order valence-corrected chi connectivity index (χ4v) is 2.02. The number of carbonyl (C=O) groups excluding carboxylic acids is 1. The summed E-state index contributed by atoms with van der Waals surface area (Å²) in [5, 5.41) is 12.7. The third-order valence-corrected chi connectivity index (χ3v) is 2.58. The lowest BCUT2D eigenvalue weighted by Gasteiger charge is -1.99. The molecule has 0 unspecified atom stereocenters. The normalized spacial score (nSPS) is 10.9. The molecule has 0 saturated carbocycles. The van der Waals surface area contributed by atoms with Crippen LogP contribution in [0.4, 0.5) is 4.39 Å². The van der Waals surface area contributed by atoms with E-state index >= 15 is 0 Å². The third-order valence-electron chi connectivity index (χ3n) is 1.98. The van der Waals surface area contributed by atoms with Gasteiger partial charge in [0.1, 0.15) is 11.3 Å². The van der Waals surface area contributed by atoms with Crippen LogP contribution in [0.5, 0.6) is 5.75 Å². The van der Waals surface area contributed by atoms with E-state index in [1.807, 2.05) is 0 Å². The molecule has 4 nitrogen and oxygen atoms in total. The van der Waals surface area contributed by atoms with Crippen molar-refractivity contribution in [1.82, 2.24) is 9.61 Å². The molecule has 1 N–H and O–H groups in total. The molecule has 2 aromatic heterocycles. The van der Waals surface area contributed by atoms with E-state index in [1.54, 1.807) is 0 Å². The number of aromatic nitrogens is 2. The Balaban J connectivity index is 2.93. The lowest BCUT2D eigenvalue weighted by atomic mass is 10.2. The van der Waals surface area contributed by atoms with Crippen molar-refractivity contribution in [2.75, 3.05) is 0 Å². The number of hydrogen-bond donors (Lipinski definition) is 1. The van der Waals surface area contributed by atoms with Crippen molar-refractivity contribution in [3.63, 3.8) is 0 Å². The molecule has 78 valence electrons. The number of Topliss-reactive ketones (excluding diaryl/α,β-unsaturated/α-hetero) is 1. The summed E-state index contributed by atoms with van der Waals surface area (Å²) in [6, 6.07) is 1.38. The fourth-order valence-electron chi connectivity index (χ4n) is 1.40. The van der Waals surface area contributed by atoms with Crippen molar-refractivity contribution in [3.05, 3.63) is 28.2 Å². The molecule has 0 fully saturated rings. The van der Waals surface area contributed by atoms with Crippen molar-refractivity contribution >= 4 is 27.2 Å². The maximum absolute atomic E-state index is 13.3. The van der Waals surface area contributed by atoms with Crippen LogP contribution in [-0.2, 0) is 0 Å². The van der Waals surface area contributed by atoms with E-state index in [0.717, 1.165) is 4.52 Å². The first kappa shape index (κ1) is 10.1. The van der Waals surface area contributed by atoms with Crippen LogP contribution < -0.4 is 0 Å². The first-order valence-corrected chi connectivity index (χ1v) is 4.87. The van der Waals surface area contributed by atoms with E-state index in [1.165, 1.54) is 19.2 Å². The molecule has 0 amide bonds. The Bertz CT molecular complexity index is 565. The first-order chi connectivity index (χ1) is 7.00. The maximum atomic E-state index is 13.3. The van der Waals surface area contributed by atoms with Crippen molar-refractivity contribution in [3.8, 4) is 5.75 Å². The van der Waals surface area contributed by atoms with E-state index < -0.39 is 11.7 Å². The van der Waals surface area contributed by atoms with Crippen LogP contribution >= 0.6 is 15.9 Å². The van der Waals surface area contributed by atoms with Gasteiger partial charge in [0.15, 0.2) is 5.78 Å². The van der Waals surface area contributed by atoms with Gasteiger partial charge in [0.05, 0.1) is 11.7 Å². The van der Waals surface area contributed by atoms with E-state index in [4.69, 9.17) is 0 Å². The quantitative estimate of drug-likeness (QED) is 0.810. The van der Waals surface area contributed by atoms with Gasteiger partial charge in [-0.1, -0.05) is 0 Å². The molecule has 0 aliphatic carbocycles. The zero-order valence-electron chi connectivity index (χ0n) is 7.66. The van der Waals surface area contributed by atoms with Crippen molar-refractivity contribution in [2.45, 2.75) is 6.92 Å². The fraction of sp³-hybridized carbons (Fsp3) is 0.111. The zero-order chi connectivity index (χ0) is 11.2. The van der Waals surface area contributed by atoms with Gasteiger partial charge in [-0.2, -0.15) is 4.39 Å². The summed E-state index contributed by atoms with van der Waals surface area (Å²) in [6.45, 7) is 1.26. The Morgan fingerprint density at radius 1 is 1.67 bits per heavy atom. The lowest BCUT2D eigenvalue weighted by Crippen LogP contribution is -1.94. The van der Waals surface area contributed by atoms with Gasteiger partial charge < -0.3 is 5.11 Å². The minimum Gasteiger partial charge on any atom is -0.506 e. The zero-order valence-corrected chi connectivity index (χ0v) is 9.25. The first-order valence-electron chi connectivity index (χ1n) is 4.08. The van der Waals surface area contributed by atoms with Crippen LogP contribution in [0.1, 0.15) is 17.3 Å². The second kappa shape index (κ2) is 3.30. The molecular weight excluding hydrogens is 267 g/mol. The molecule has 2 heterocycles. The van der Waals surface area contributed by atoms with Crippen molar-refractivity contribution in [2.24, 2.45) is 0 Å². The summed E-state index contributed by atoms with van der Waals surface area (Å²) in [5.74, 6) is -1.31. The minimum atomic E-state index is -0.839.